The van der Waals surface area contributed by atoms with Crippen LogP contribution in [0.15, 0.2) is 71.8 Å². The highest BCUT2D eigenvalue weighted by atomic mass is 32.2. The smallest absolute Gasteiger partial charge is 0.261 e. The second kappa shape index (κ2) is 8.05. The van der Waals surface area contributed by atoms with Gasteiger partial charge >= 0.3 is 0 Å². The Labute approximate surface area is 159 Å². The topological polar surface area (TPSA) is 68.3 Å². The van der Waals surface area contributed by atoms with Crippen LogP contribution in [0.4, 0.5) is 5.69 Å². The number of ether oxygens (including phenoxy) is 1. The Morgan fingerprint density at radius 2 is 1.74 bits per heavy atom. The van der Waals surface area contributed by atoms with E-state index in [1.807, 2.05) is 43.3 Å². The molecule has 1 N–H and O–H groups in total. The van der Waals surface area contributed by atoms with Gasteiger partial charge in [-0.25, -0.2) is 8.42 Å². The molecule has 0 aliphatic heterocycles. The second-order valence-corrected chi connectivity index (χ2v) is 7.61. The van der Waals surface area contributed by atoms with E-state index in [2.05, 4.69) is 9.71 Å². The Bertz CT molecular complexity index is 1060. The summed E-state index contributed by atoms with van der Waals surface area (Å²) in [5.41, 5.74) is 3.19. The zero-order valence-electron chi connectivity index (χ0n) is 15.1. The van der Waals surface area contributed by atoms with Crippen LogP contribution in [0, 0.1) is 6.92 Å². The Morgan fingerprint density at radius 3 is 2.44 bits per heavy atom. The lowest BCUT2D eigenvalue weighted by atomic mass is 10.1. The average Bonchev–Trinajstić information content (AvgIpc) is 2.67. The van der Waals surface area contributed by atoms with Crippen LogP contribution in [0.1, 0.15) is 16.8 Å². The molecule has 1 aromatic heterocycles. The first-order chi connectivity index (χ1) is 13.0. The molecule has 0 saturated heterocycles. The Hall–Kier alpha value is -3.12. The van der Waals surface area contributed by atoms with E-state index >= 15 is 0 Å². The maximum absolute atomic E-state index is 12.7. The fraction of sp³-hybridized carbons (Fsp3) is 0.0952. The van der Waals surface area contributed by atoms with Crippen molar-refractivity contribution < 1.29 is 13.2 Å². The predicted octanol–water partition coefficient (Wildman–Crippen LogP) is 4.37. The number of para-hydroxylation sites is 1. The second-order valence-electron chi connectivity index (χ2n) is 5.93. The zero-order valence-corrected chi connectivity index (χ0v) is 15.9. The quantitative estimate of drug-likeness (QED) is 0.689. The molecule has 0 spiro atoms. The minimum Gasteiger partial charge on any atom is -0.497 e. The van der Waals surface area contributed by atoms with Crippen LogP contribution in [0.5, 0.6) is 5.75 Å². The molecular formula is C21H20N2O3S. The van der Waals surface area contributed by atoms with Crippen molar-refractivity contribution in [2.75, 3.05) is 11.8 Å². The summed E-state index contributed by atoms with van der Waals surface area (Å²) < 4.78 is 33.1. The number of aromatic nitrogens is 1. The van der Waals surface area contributed by atoms with Crippen LogP contribution in [0.25, 0.3) is 12.2 Å². The maximum atomic E-state index is 12.7. The molecule has 0 amide bonds. The van der Waals surface area contributed by atoms with Gasteiger partial charge in [0, 0.05) is 11.9 Å². The van der Waals surface area contributed by atoms with E-state index in [4.69, 9.17) is 4.74 Å². The molecule has 0 radical (unpaired) electrons. The molecule has 27 heavy (non-hydrogen) atoms. The van der Waals surface area contributed by atoms with Crippen LogP contribution < -0.4 is 9.46 Å². The van der Waals surface area contributed by atoms with Crippen LogP contribution in [-0.2, 0) is 10.0 Å². The summed E-state index contributed by atoms with van der Waals surface area (Å²) >= 11 is 0. The molecule has 3 rings (SSSR count). The van der Waals surface area contributed by atoms with Crippen molar-refractivity contribution in [1.82, 2.24) is 4.98 Å². The van der Waals surface area contributed by atoms with E-state index < -0.39 is 10.0 Å². The van der Waals surface area contributed by atoms with Crippen molar-refractivity contribution in [1.29, 1.82) is 0 Å². The van der Waals surface area contributed by atoms with Crippen LogP contribution >= 0.6 is 0 Å². The number of pyridine rings is 1. The summed E-state index contributed by atoms with van der Waals surface area (Å²) in [6, 6.07) is 17.4. The largest absolute Gasteiger partial charge is 0.497 e. The highest BCUT2D eigenvalue weighted by molar-refractivity contribution is 7.92. The molecule has 5 nitrogen and oxygen atoms in total. The number of hydrogen-bond acceptors (Lipinski definition) is 4. The number of nitrogens with one attached hydrogen (secondary N) is 1. The molecule has 0 aliphatic rings. The van der Waals surface area contributed by atoms with Crippen LogP contribution in [0.3, 0.4) is 0 Å². The lowest BCUT2D eigenvalue weighted by Crippen LogP contribution is -2.13. The average molecular weight is 380 g/mol. The number of methoxy groups -OCH3 is 1. The van der Waals surface area contributed by atoms with Gasteiger partial charge < -0.3 is 4.74 Å². The van der Waals surface area contributed by atoms with E-state index in [1.54, 1.807) is 30.5 Å². The van der Waals surface area contributed by atoms with Gasteiger partial charge in [-0.15, -0.1) is 0 Å². The number of sulfonamides is 1. The normalized spacial score (nSPS) is 11.5. The molecule has 0 fully saturated rings. The summed E-state index contributed by atoms with van der Waals surface area (Å²) in [7, 11) is -2.16. The SMILES string of the molecule is COc1ccc(S(=O)(=O)Nc2ccccc2/C=C/c2ccnc(C)c2)cc1. The van der Waals surface area contributed by atoms with Crippen molar-refractivity contribution in [3.8, 4) is 5.75 Å². The van der Waals surface area contributed by atoms with Gasteiger partial charge in [0.25, 0.3) is 10.0 Å². The molecular weight excluding hydrogens is 360 g/mol. The maximum Gasteiger partial charge on any atom is 0.261 e. The summed E-state index contributed by atoms with van der Waals surface area (Å²) in [6.45, 7) is 1.92. The minimum atomic E-state index is -3.70. The van der Waals surface area contributed by atoms with Gasteiger partial charge in [-0.2, -0.15) is 0 Å². The van der Waals surface area contributed by atoms with Crippen molar-refractivity contribution in [2.45, 2.75) is 11.8 Å². The molecule has 2 aromatic carbocycles. The fourth-order valence-electron chi connectivity index (χ4n) is 2.55. The lowest BCUT2D eigenvalue weighted by Gasteiger charge is -2.11. The summed E-state index contributed by atoms with van der Waals surface area (Å²) in [5, 5.41) is 0. The van der Waals surface area contributed by atoms with Crippen LogP contribution in [-0.4, -0.2) is 20.5 Å². The van der Waals surface area contributed by atoms with Gasteiger partial charge in [0.05, 0.1) is 17.7 Å². The molecule has 6 heteroatoms. The summed E-state index contributed by atoms with van der Waals surface area (Å²) in [6.07, 6.45) is 5.54. The predicted molar refractivity (Wildman–Crippen MR) is 108 cm³/mol. The Kier molecular flexibility index (Phi) is 5.57. The van der Waals surface area contributed by atoms with Gasteiger partial charge in [0.15, 0.2) is 0 Å². The molecule has 3 aromatic rings. The molecule has 0 bridgehead atoms. The van der Waals surface area contributed by atoms with Crippen molar-refractivity contribution in [3.05, 3.63) is 83.7 Å². The molecule has 0 unspecified atom stereocenters. The van der Waals surface area contributed by atoms with Crippen LogP contribution in [0.2, 0.25) is 0 Å². The highest BCUT2D eigenvalue weighted by Gasteiger charge is 2.15. The standard InChI is InChI=1S/C21H20N2O3S/c1-16-15-17(13-14-22-16)7-8-18-5-3-4-6-21(18)23-27(24,25)20-11-9-19(26-2)10-12-20/h3-15,23H,1-2H3/b8-7+. The zero-order chi connectivity index (χ0) is 19.3. The fourth-order valence-corrected chi connectivity index (χ4v) is 3.64. The number of hydrogen-bond donors (Lipinski definition) is 1. The third-order valence-corrected chi connectivity index (χ3v) is 5.33. The Balaban J connectivity index is 1.87. The molecule has 0 atom stereocenters. The first-order valence-corrected chi connectivity index (χ1v) is 9.83. The van der Waals surface area contributed by atoms with Gasteiger partial charge in [-0.1, -0.05) is 30.4 Å². The number of benzene rings is 2. The minimum absolute atomic E-state index is 0.173. The van der Waals surface area contributed by atoms with Gasteiger partial charge in [-0.3, -0.25) is 9.71 Å². The van der Waals surface area contributed by atoms with Crippen molar-refractivity contribution in [2.24, 2.45) is 0 Å². The Morgan fingerprint density at radius 1 is 1.00 bits per heavy atom. The van der Waals surface area contributed by atoms with Crippen molar-refractivity contribution in [3.63, 3.8) is 0 Å². The summed E-state index contributed by atoms with van der Waals surface area (Å²) in [4.78, 5) is 4.35. The van der Waals surface area contributed by atoms with E-state index in [0.29, 0.717) is 11.4 Å². The van der Waals surface area contributed by atoms with Gasteiger partial charge in [0.1, 0.15) is 5.75 Å². The van der Waals surface area contributed by atoms with Crippen molar-refractivity contribution >= 4 is 27.9 Å². The lowest BCUT2D eigenvalue weighted by molar-refractivity contribution is 0.414. The third kappa shape index (κ3) is 4.74. The van der Waals surface area contributed by atoms with Gasteiger partial charge in [-0.05, 0) is 60.5 Å². The van der Waals surface area contributed by atoms with E-state index in [-0.39, 0.29) is 4.90 Å². The number of anilines is 1. The molecule has 0 saturated carbocycles. The third-order valence-electron chi connectivity index (χ3n) is 3.95. The number of aryl methyl sites for hydroxylation is 1. The molecule has 0 aliphatic carbocycles. The van der Waals surface area contributed by atoms with Gasteiger partial charge in [0.2, 0.25) is 0 Å². The van der Waals surface area contributed by atoms with E-state index in [0.717, 1.165) is 16.8 Å². The van der Waals surface area contributed by atoms with E-state index in [9.17, 15) is 8.42 Å². The van der Waals surface area contributed by atoms with E-state index in [1.165, 1.54) is 19.2 Å². The number of rotatable bonds is 6. The highest BCUT2D eigenvalue weighted by Crippen LogP contribution is 2.23. The number of nitrogens with zero attached hydrogens (tertiary/aromatic N) is 1. The molecule has 1 heterocycles. The first kappa shape index (κ1) is 18.7. The molecule has 138 valence electrons. The first-order valence-electron chi connectivity index (χ1n) is 8.34. The monoisotopic (exact) mass is 380 g/mol. The summed E-state index contributed by atoms with van der Waals surface area (Å²) in [5.74, 6) is 0.602.